The summed E-state index contributed by atoms with van der Waals surface area (Å²) in [5.41, 5.74) is 6.82. The molecule has 0 saturated heterocycles. The third kappa shape index (κ3) is 4.95. The van der Waals surface area contributed by atoms with Crippen molar-refractivity contribution in [2.24, 2.45) is 0 Å². The Morgan fingerprint density at radius 3 is 2.32 bits per heavy atom. The predicted molar refractivity (Wildman–Crippen MR) is 101 cm³/mol. The van der Waals surface area contributed by atoms with Gasteiger partial charge in [0.05, 0.1) is 11.4 Å². The number of urea groups is 1. The number of pyridine rings is 1. The van der Waals surface area contributed by atoms with Gasteiger partial charge in [-0.3, -0.25) is 15.8 Å². The summed E-state index contributed by atoms with van der Waals surface area (Å²) >= 11 is 3.38. The number of hydrazine groups is 1. The first-order chi connectivity index (χ1) is 12.2. The zero-order valence-electron chi connectivity index (χ0n) is 13.1. The minimum absolute atomic E-state index is 0.371. The van der Waals surface area contributed by atoms with E-state index >= 15 is 0 Å². The first-order valence-electron chi connectivity index (χ1n) is 7.46. The summed E-state index contributed by atoms with van der Waals surface area (Å²) in [6.45, 7) is 0. The Hall–Kier alpha value is -3.06. The molecule has 0 aliphatic rings. The molecule has 0 aliphatic heterocycles. The molecule has 126 valence electrons. The number of amides is 2. The van der Waals surface area contributed by atoms with Gasteiger partial charge in [0, 0.05) is 16.9 Å². The molecule has 1 aromatic heterocycles. The van der Waals surface area contributed by atoms with Crippen molar-refractivity contribution >= 4 is 33.3 Å². The van der Waals surface area contributed by atoms with Crippen molar-refractivity contribution in [1.29, 1.82) is 0 Å². The van der Waals surface area contributed by atoms with Gasteiger partial charge in [-0.25, -0.2) is 4.79 Å². The number of nitrogens with one attached hydrogen (secondary N) is 3. The maximum absolute atomic E-state index is 11.9. The quantitative estimate of drug-likeness (QED) is 0.540. The number of nitrogens with zero attached hydrogens (tertiary/aromatic N) is 1. The molecule has 2 aromatic carbocycles. The van der Waals surface area contributed by atoms with Crippen LogP contribution in [0.2, 0.25) is 0 Å². The molecule has 0 fully saturated rings. The highest BCUT2D eigenvalue weighted by atomic mass is 79.9. The van der Waals surface area contributed by atoms with E-state index in [1.54, 1.807) is 54.9 Å². The third-order valence-electron chi connectivity index (χ3n) is 3.18. The topological polar surface area (TPSA) is 75.3 Å². The van der Waals surface area contributed by atoms with Gasteiger partial charge in [-0.15, -0.1) is 0 Å². The zero-order valence-corrected chi connectivity index (χ0v) is 14.7. The Morgan fingerprint density at radius 1 is 0.920 bits per heavy atom. The van der Waals surface area contributed by atoms with Gasteiger partial charge in [0.25, 0.3) is 0 Å². The molecule has 0 aliphatic carbocycles. The third-order valence-corrected chi connectivity index (χ3v) is 3.87. The van der Waals surface area contributed by atoms with E-state index in [-0.39, 0.29) is 6.03 Å². The maximum atomic E-state index is 11.9. The van der Waals surface area contributed by atoms with Crippen molar-refractivity contribution in [2.45, 2.75) is 0 Å². The van der Waals surface area contributed by atoms with Gasteiger partial charge in [-0.2, -0.15) is 0 Å². The number of benzene rings is 2. The van der Waals surface area contributed by atoms with E-state index in [1.165, 1.54) is 0 Å². The van der Waals surface area contributed by atoms with E-state index in [9.17, 15) is 4.79 Å². The molecule has 0 saturated carbocycles. The molecule has 0 atom stereocenters. The molecule has 0 spiro atoms. The summed E-state index contributed by atoms with van der Waals surface area (Å²) < 4.78 is 6.49. The molecule has 25 heavy (non-hydrogen) atoms. The van der Waals surface area contributed by atoms with Gasteiger partial charge in [-0.1, -0.05) is 12.1 Å². The lowest BCUT2D eigenvalue weighted by atomic mass is 10.3. The predicted octanol–water partition coefficient (Wildman–Crippen LogP) is 4.79. The summed E-state index contributed by atoms with van der Waals surface area (Å²) in [4.78, 5) is 15.8. The van der Waals surface area contributed by atoms with Crippen LogP contribution < -0.4 is 20.9 Å². The molecule has 7 heteroatoms. The maximum Gasteiger partial charge on any atom is 0.337 e. The second-order valence-corrected chi connectivity index (χ2v) is 5.85. The van der Waals surface area contributed by atoms with Gasteiger partial charge >= 0.3 is 6.03 Å². The monoisotopic (exact) mass is 398 g/mol. The number of aromatic nitrogens is 1. The van der Waals surface area contributed by atoms with E-state index in [4.69, 9.17) is 4.74 Å². The molecule has 1 heterocycles. The number of para-hydroxylation sites is 1. The lowest BCUT2D eigenvalue weighted by Gasteiger charge is -2.11. The molecule has 3 N–H and O–H groups in total. The van der Waals surface area contributed by atoms with Crippen LogP contribution in [0, 0.1) is 0 Å². The van der Waals surface area contributed by atoms with Crippen LogP contribution in [0.1, 0.15) is 0 Å². The van der Waals surface area contributed by atoms with Crippen LogP contribution in [0.4, 0.5) is 16.2 Å². The van der Waals surface area contributed by atoms with Crippen molar-refractivity contribution < 1.29 is 9.53 Å². The summed E-state index contributed by atoms with van der Waals surface area (Å²) in [7, 11) is 0. The van der Waals surface area contributed by atoms with Gasteiger partial charge in [0.2, 0.25) is 0 Å². The summed E-state index contributed by atoms with van der Waals surface area (Å²) in [5.74, 6) is 1.40. The highest BCUT2D eigenvalue weighted by Crippen LogP contribution is 2.22. The number of hydrogen-bond acceptors (Lipinski definition) is 4. The van der Waals surface area contributed by atoms with Crippen molar-refractivity contribution in [3.63, 3.8) is 0 Å². The van der Waals surface area contributed by atoms with Gasteiger partial charge < -0.3 is 10.1 Å². The first-order valence-corrected chi connectivity index (χ1v) is 8.25. The average Bonchev–Trinajstić information content (AvgIpc) is 2.64. The Bertz CT molecular complexity index is 841. The Labute approximate surface area is 153 Å². The van der Waals surface area contributed by atoms with Crippen LogP contribution in [0.25, 0.3) is 0 Å². The molecule has 2 amide bonds. The van der Waals surface area contributed by atoms with Crippen LogP contribution in [-0.4, -0.2) is 11.0 Å². The van der Waals surface area contributed by atoms with E-state index in [1.807, 2.05) is 18.2 Å². The Kier molecular flexibility index (Phi) is 5.48. The molecule has 0 unspecified atom stereocenters. The molecule has 3 rings (SSSR count). The highest BCUT2D eigenvalue weighted by Gasteiger charge is 2.04. The first kappa shape index (κ1) is 16.8. The Morgan fingerprint density at radius 2 is 1.60 bits per heavy atom. The molecule has 6 nitrogen and oxygen atoms in total. The summed E-state index contributed by atoms with van der Waals surface area (Å²) in [6.07, 6.45) is 3.33. The van der Waals surface area contributed by atoms with Gasteiger partial charge in [0.15, 0.2) is 0 Å². The number of carbonyl (C=O) groups excluding carboxylic acids is 1. The second kappa shape index (κ2) is 8.16. The van der Waals surface area contributed by atoms with Crippen LogP contribution in [0.3, 0.4) is 0 Å². The van der Waals surface area contributed by atoms with Gasteiger partial charge in [-0.05, 0) is 64.5 Å². The summed E-state index contributed by atoms with van der Waals surface area (Å²) in [5, 5.41) is 2.73. The number of hydrogen-bond donors (Lipinski definition) is 3. The van der Waals surface area contributed by atoms with E-state index < -0.39 is 0 Å². The fourth-order valence-corrected chi connectivity index (χ4v) is 2.38. The highest BCUT2D eigenvalue weighted by molar-refractivity contribution is 9.10. The average molecular weight is 399 g/mol. The number of halogens is 1. The largest absolute Gasteiger partial charge is 0.457 e. The Balaban J connectivity index is 1.51. The summed E-state index contributed by atoms with van der Waals surface area (Å²) in [6, 6.07) is 17.8. The van der Waals surface area contributed by atoms with Crippen molar-refractivity contribution in [3.8, 4) is 11.5 Å². The SMILES string of the molecule is O=C(NNc1ccc(Oc2ccncc2)cc1)Nc1ccccc1Br. The van der Waals surface area contributed by atoms with Crippen LogP contribution in [0.15, 0.2) is 77.5 Å². The van der Waals surface area contributed by atoms with Crippen LogP contribution >= 0.6 is 15.9 Å². The number of ether oxygens (including phenoxy) is 1. The molecule has 0 bridgehead atoms. The minimum Gasteiger partial charge on any atom is -0.457 e. The van der Waals surface area contributed by atoms with Crippen molar-refractivity contribution in [2.75, 3.05) is 10.7 Å². The van der Waals surface area contributed by atoms with Gasteiger partial charge in [0.1, 0.15) is 11.5 Å². The second-order valence-electron chi connectivity index (χ2n) is 4.99. The van der Waals surface area contributed by atoms with E-state index in [0.29, 0.717) is 17.2 Å². The van der Waals surface area contributed by atoms with Crippen LogP contribution in [0.5, 0.6) is 11.5 Å². The van der Waals surface area contributed by atoms with E-state index in [0.717, 1.165) is 10.2 Å². The molecular formula is C18H15BrN4O2. The molecule has 3 aromatic rings. The fraction of sp³-hybridized carbons (Fsp3) is 0. The smallest absolute Gasteiger partial charge is 0.337 e. The molecule has 0 radical (unpaired) electrons. The number of carbonyl (C=O) groups is 1. The lowest BCUT2D eigenvalue weighted by molar-refractivity contribution is 0.254. The lowest BCUT2D eigenvalue weighted by Crippen LogP contribution is -2.33. The van der Waals surface area contributed by atoms with Crippen molar-refractivity contribution in [3.05, 3.63) is 77.5 Å². The normalized spacial score (nSPS) is 9.96. The number of anilines is 2. The zero-order chi connectivity index (χ0) is 17.5. The number of rotatable bonds is 5. The van der Waals surface area contributed by atoms with E-state index in [2.05, 4.69) is 37.1 Å². The molecular weight excluding hydrogens is 384 g/mol. The van der Waals surface area contributed by atoms with Crippen LogP contribution in [-0.2, 0) is 0 Å². The fourth-order valence-electron chi connectivity index (χ4n) is 1.99. The van der Waals surface area contributed by atoms with Crippen molar-refractivity contribution in [1.82, 2.24) is 10.4 Å². The standard InChI is InChI=1S/C18H15BrN4O2/c19-16-3-1-2-4-17(16)21-18(24)23-22-13-5-7-14(8-6-13)25-15-9-11-20-12-10-15/h1-12,22H,(H2,21,23,24). The minimum atomic E-state index is -0.371.